The van der Waals surface area contributed by atoms with Gasteiger partial charge >= 0.3 is 0 Å². The summed E-state index contributed by atoms with van der Waals surface area (Å²) in [5, 5.41) is 2.86. The predicted molar refractivity (Wildman–Crippen MR) is 109 cm³/mol. The highest BCUT2D eigenvalue weighted by atomic mass is 16.4. The third kappa shape index (κ3) is 3.76. The van der Waals surface area contributed by atoms with Crippen molar-refractivity contribution < 1.29 is 14.0 Å². The first kappa shape index (κ1) is 18.9. The number of hydrogen-bond acceptors (Lipinski definition) is 5. The minimum absolute atomic E-state index is 0.141. The Balaban J connectivity index is 1.51. The van der Waals surface area contributed by atoms with Crippen LogP contribution < -0.4 is 10.2 Å². The number of oxazole rings is 1. The maximum atomic E-state index is 12.3. The van der Waals surface area contributed by atoms with E-state index in [2.05, 4.69) is 21.4 Å². The van der Waals surface area contributed by atoms with E-state index in [1.54, 1.807) is 31.1 Å². The molecule has 7 nitrogen and oxygen atoms in total. The molecule has 1 aliphatic rings. The Morgan fingerprint density at radius 1 is 1.17 bits per heavy atom. The van der Waals surface area contributed by atoms with E-state index >= 15 is 0 Å². The number of benzene rings is 1. The first-order valence-corrected chi connectivity index (χ1v) is 9.48. The Bertz CT molecular complexity index is 1100. The number of aryl methyl sites for hydroxylation is 3. The van der Waals surface area contributed by atoms with E-state index in [1.807, 2.05) is 25.2 Å². The molecule has 0 radical (unpaired) electrons. The van der Waals surface area contributed by atoms with Crippen molar-refractivity contribution in [3.8, 4) is 11.1 Å². The number of nitrogens with zero attached hydrogens (tertiary/aromatic N) is 3. The molecule has 4 rings (SSSR count). The molecule has 2 amide bonds. The summed E-state index contributed by atoms with van der Waals surface area (Å²) in [5.74, 6) is 0.842. The van der Waals surface area contributed by atoms with Gasteiger partial charge in [0.25, 0.3) is 5.91 Å². The monoisotopic (exact) mass is 390 g/mol. The van der Waals surface area contributed by atoms with E-state index in [-0.39, 0.29) is 11.8 Å². The summed E-state index contributed by atoms with van der Waals surface area (Å²) in [5.41, 5.74) is 5.31. The zero-order valence-electron chi connectivity index (χ0n) is 16.7. The summed E-state index contributed by atoms with van der Waals surface area (Å²) in [4.78, 5) is 34.4. The van der Waals surface area contributed by atoms with E-state index in [9.17, 15) is 9.59 Å². The Morgan fingerprint density at radius 2 is 2.00 bits per heavy atom. The first-order chi connectivity index (χ1) is 13.9. The third-order valence-corrected chi connectivity index (χ3v) is 5.12. The Kier molecular flexibility index (Phi) is 4.88. The van der Waals surface area contributed by atoms with Crippen molar-refractivity contribution in [1.82, 2.24) is 15.3 Å². The van der Waals surface area contributed by atoms with Gasteiger partial charge in [0.15, 0.2) is 11.6 Å². The average Bonchev–Trinajstić information content (AvgIpc) is 3.07. The van der Waals surface area contributed by atoms with Gasteiger partial charge in [0.1, 0.15) is 5.76 Å². The minimum Gasteiger partial charge on any atom is -0.445 e. The molecule has 2 aromatic heterocycles. The van der Waals surface area contributed by atoms with Crippen molar-refractivity contribution in [2.24, 2.45) is 0 Å². The normalized spacial score (nSPS) is 13.3. The lowest BCUT2D eigenvalue weighted by Gasteiger charge is -2.26. The SMILES string of the molecule is Cc1nc(C(=O)NCc2cncc(-c3ccc4c(c3)CCC(=O)N4C)c2)c(C)o1. The summed E-state index contributed by atoms with van der Waals surface area (Å²) < 4.78 is 5.32. The molecule has 29 heavy (non-hydrogen) atoms. The number of pyridine rings is 1. The summed E-state index contributed by atoms with van der Waals surface area (Å²) in [6.07, 6.45) is 4.80. The van der Waals surface area contributed by atoms with Gasteiger partial charge in [-0.1, -0.05) is 6.07 Å². The fourth-order valence-electron chi connectivity index (χ4n) is 3.58. The smallest absolute Gasteiger partial charge is 0.273 e. The molecule has 0 unspecified atom stereocenters. The number of fused-ring (bicyclic) bond motifs is 1. The van der Waals surface area contributed by atoms with Crippen molar-refractivity contribution in [2.75, 3.05) is 11.9 Å². The summed E-state index contributed by atoms with van der Waals surface area (Å²) >= 11 is 0. The van der Waals surface area contributed by atoms with Crippen molar-refractivity contribution in [3.05, 3.63) is 65.1 Å². The molecule has 3 aromatic rings. The molecule has 0 saturated carbocycles. The highest BCUT2D eigenvalue weighted by molar-refractivity contribution is 5.96. The van der Waals surface area contributed by atoms with Gasteiger partial charge in [-0.2, -0.15) is 0 Å². The molecule has 0 fully saturated rings. The van der Waals surface area contributed by atoms with Gasteiger partial charge in [0, 0.05) is 50.6 Å². The molecule has 0 bridgehead atoms. The summed E-state index contributed by atoms with van der Waals surface area (Å²) in [6, 6.07) is 8.09. The molecule has 0 aliphatic carbocycles. The highest BCUT2D eigenvalue weighted by Crippen LogP contribution is 2.31. The molecule has 1 aliphatic heterocycles. The van der Waals surface area contributed by atoms with Crippen molar-refractivity contribution in [2.45, 2.75) is 33.2 Å². The quantitative estimate of drug-likeness (QED) is 0.739. The van der Waals surface area contributed by atoms with Crippen LogP contribution in [0.4, 0.5) is 5.69 Å². The van der Waals surface area contributed by atoms with Gasteiger partial charge in [-0.25, -0.2) is 4.98 Å². The number of nitrogens with one attached hydrogen (secondary N) is 1. The number of aromatic nitrogens is 2. The van der Waals surface area contributed by atoms with Crippen LogP contribution in [-0.4, -0.2) is 28.8 Å². The van der Waals surface area contributed by atoms with E-state index in [0.717, 1.165) is 34.4 Å². The largest absolute Gasteiger partial charge is 0.445 e. The zero-order valence-corrected chi connectivity index (χ0v) is 16.7. The van der Waals surface area contributed by atoms with E-state index in [4.69, 9.17) is 4.42 Å². The molecule has 0 atom stereocenters. The molecule has 3 heterocycles. The van der Waals surface area contributed by atoms with Gasteiger partial charge in [-0.15, -0.1) is 0 Å². The standard InChI is InChI=1S/C22H22N4O3/c1-13-21(25-14(2)29-13)22(28)24-11-15-8-18(12-23-10-15)16-4-6-19-17(9-16)5-7-20(27)26(19)3/h4,6,8-10,12H,5,7,11H2,1-3H3,(H,24,28). The Morgan fingerprint density at radius 3 is 2.76 bits per heavy atom. The van der Waals surface area contributed by atoms with Crippen LogP contribution in [0.1, 0.15) is 39.7 Å². The number of amides is 2. The lowest BCUT2D eigenvalue weighted by Crippen LogP contribution is -2.30. The maximum Gasteiger partial charge on any atom is 0.273 e. The van der Waals surface area contributed by atoms with E-state index in [1.165, 1.54) is 0 Å². The minimum atomic E-state index is -0.272. The molecule has 7 heteroatoms. The fraction of sp³-hybridized carbons (Fsp3) is 0.273. The van der Waals surface area contributed by atoms with E-state index in [0.29, 0.717) is 30.3 Å². The van der Waals surface area contributed by atoms with Crippen molar-refractivity contribution in [1.29, 1.82) is 0 Å². The van der Waals surface area contributed by atoms with Crippen LogP contribution in [0.5, 0.6) is 0 Å². The van der Waals surface area contributed by atoms with Crippen LogP contribution in [0.2, 0.25) is 0 Å². The molecule has 1 aromatic carbocycles. The van der Waals surface area contributed by atoms with Gasteiger partial charge in [0.2, 0.25) is 5.91 Å². The molecule has 0 saturated heterocycles. The topological polar surface area (TPSA) is 88.3 Å². The average molecular weight is 390 g/mol. The van der Waals surface area contributed by atoms with Crippen LogP contribution in [0.3, 0.4) is 0 Å². The van der Waals surface area contributed by atoms with Crippen LogP contribution >= 0.6 is 0 Å². The summed E-state index contributed by atoms with van der Waals surface area (Å²) in [6.45, 7) is 3.77. The van der Waals surface area contributed by atoms with Gasteiger partial charge < -0.3 is 14.6 Å². The predicted octanol–water partition coefficient (Wildman–Crippen LogP) is 3.19. The van der Waals surface area contributed by atoms with Crippen LogP contribution in [0, 0.1) is 13.8 Å². The fourth-order valence-corrected chi connectivity index (χ4v) is 3.58. The summed E-state index contributed by atoms with van der Waals surface area (Å²) in [7, 11) is 1.81. The molecule has 148 valence electrons. The number of carbonyl (C=O) groups is 2. The molecular formula is C22H22N4O3. The lowest BCUT2D eigenvalue weighted by atomic mass is 9.96. The molecule has 0 spiro atoms. The number of carbonyl (C=O) groups excluding carboxylic acids is 2. The highest BCUT2D eigenvalue weighted by Gasteiger charge is 2.21. The number of hydrogen-bond donors (Lipinski definition) is 1. The van der Waals surface area contributed by atoms with Crippen LogP contribution in [0.15, 0.2) is 41.1 Å². The second kappa shape index (κ2) is 7.50. The first-order valence-electron chi connectivity index (χ1n) is 9.48. The lowest BCUT2D eigenvalue weighted by molar-refractivity contribution is -0.118. The molecular weight excluding hydrogens is 368 g/mol. The number of rotatable bonds is 4. The zero-order chi connectivity index (χ0) is 20.5. The van der Waals surface area contributed by atoms with Crippen molar-refractivity contribution in [3.63, 3.8) is 0 Å². The molecule has 1 N–H and O–H groups in total. The van der Waals surface area contributed by atoms with Crippen molar-refractivity contribution >= 4 is 17.5 Å². The Hall–Kier alpha value is -3.48. The second-order valence-electron chi connectivity index (χ2n) is 7.20. The van der Waals surface area contributed by atoms with Gasteiger partial charge in [-0.05, 0) is 48.2 Å². The van der Waals surface area contributed by atoms with Gasteiger partial charge in [-0.3, -0.25) is 14.6 Å². The van der Waals surface area contributed by atoms with Gasteiger partial charge in [0.05, 0.1) is 0 Å². The van der Waals surface area contributed by atoms with Crippen LogP contribution in [-0.2, 0) is 17.8 Å². The number of anilines is 1. The maximum absolute atomic E-state index is 12.3. The second-order valence-corrected chi connectivity index (χ2v) is 7.20. The third-order valence-electron chi connectivity index (χ3n) is 5.12. The van der Waals surface area contributed by atoms with E-state index < -0.39 is 0 Å². The Labute approximate surface area is 168 Å². The van der Waals surface area contributed by atoms with Crippen LogP contribution in [0.25, 0.3) is 11.1 Å².